The molecule has 0 N–H and O–H groups in total. The van der Waals surface area contributed by atoms with Gasteiger partial charge in [-0.2, -0.15) is 0 Å². The number of ether oxygens (including phenoxy) is 2. The number of carbonyl (C=O) groups is 4. The van der Waals surface area contributed by atoms with Gasteiger partial charge in [0.05, 0.1) is 36.2 Å². The Balaban J connectivity index is 1.97. The quantitative estimate of drug-likeness (QED) is 0.113. The first kappa shape index (κ1) is 46.3. The highest BCUT2D eigenvalue weighted by molar-refractivity contribution is 8.01. The molecule has 8 heteroatoms. The molecule has 2 unspecified atom stereocenters. The number of ketones is 2. The molecule has 0 saturated carbocycles. The number of thioether (sulfide) groups is 2. The monoisotopic (exact) mass is 772 g/mol. The van der Waals surface area contributed by atoms with Gasteiger partial charge in [-0.05, 0) is 87.5 Å². The molecule has 0 amide bonds. The minimum Gasteiger partial charge on any atom is -0.468 e. The van der Waals surface area contributed by atoms with Gasteiger partial charge in [0, 0.05) is 0 Å². The maximum absolute atomic E-state index is 13.0. The Morgan fingerprint density at radius 1 is 0.593 bits per heavy atom. The lowest BCUT2D eigenvalue weighted by atomic mass is 9.72. The number of carbonyl (C=O) groups excluding carboxylic acids is 4. The minimum absolute atomic E-state index is 0.0902. The number of hydrogen-bond acceptors (Lipinski definition) is 8. The largest absolute Gasteiger partial charge is 0.468 e. The van der Waals surface area contributed by atoms with Crippen LogP contribution in [0.25, 0.3) is 0 Å². The third-order valence-corrected chi connectivity index (χ3v) is 11.9. The van der Waals surface area contributed by atoms with Crippen molar-refractivity contribution in [2.45, 2.75) is 92.6 Å². The average Bonchev–Trinajstić information content (AvgIpc) is 3.11. The standard InChI is InChI=1S/C46H60O6S2/c1-31(19-15-21-33(3)23-25-37-35(5)43(49)39(27-45(37,7)8)53-29-41(47)51-11)17-13-14-18-32(2)20-16-22-34(4)24-26-38-36(6)44(50)40(28-46(38,9)10)54-30-42(48)52-12/h13-26,39-40H,27-30H2,1-12H3. The summed E-state index contributed by atoms with van der Waals surface area (Å²) in [6.07, 6.45) is 30.0. The van der Waals surface area contributed by atoms with Gasteiger partial charge in [-0.3, -0.25) is 19.2 Å². The molecule has 2 aliphatic rings. The molecule has 0 aromatic carbocycles. The van der Waals surface area contributed by atoms with E-state index in [0.29, 0.717) is 12.8 Å². The number of Topliss-reactive ketones (excluding diaryl/α,β-unsaturated/α-hetero) is 2. The fourth-order valence-corrected chi connectivity index (χ4v) is 8.93. The summed E-state index contributed by atoms with van der Waals surface area (Å²) in [5.41, 5.74) is 7.60. The Bertz CT molecular complexity index is 1640. The van der Waals surface area contributed by atoms with Crippen LogP contribution >= 0.6 is 23.5 Å². The van der Waals surface area contributed by atoms with Crippen molar-refractivity contribution in [1.82, 2.24) is 0 Å². The van der Waals surface area contributed by atoms with Gasteiger partial charge >= 0.3 is 11.9 Å². The Kier molecular flexibility index (Phi) is 18.7. The van der Waals surface area contributed by atoms with Crippen LogP contribution in [0, 0.1) is 10.8 Å². The Morgan fingerprint density at radius 3 is 1.24 bits per heavy atom. The Hall–Kier alpha value is -3.88. The minimum atomic E-state index is -0.312. The van der Waals surface area contributed by atoms with E-state index in [0.717, 1.165) is 44.6 Å². The molecular weight excluding hydrogens is 713 g/mol. The van der Waals surface area contributed by atoms with Crippen LogP contribution in [0.4, 0.5) is 0 Å². The second-order valence-electron chi connectivity index (χ2n) is 15.1. The predicted octanol–water partition coefficient (Wildman–Crippen LogP) is 10.7. The van der Waals surface area contributed by atoms with Crippen molar-refractivity contribution in [3.05, 3.63) is 130 Å². The first-order valence-electron chi connectivity index (χ1n) is 18.3. The normalized spacial score (nSPS) is 21.9. The maximum Gasteiger partial charge on any atom is 0.315 e. The van der Waals surface area contributed by atoms with Crippen molar-refractivity contribution in [1.29, 1.82) is 0 Å². The molecule has 2 rings (SSSR count). The number of hydrogen-bond donors (Lipinski definition) is 0. The van der Waals surface area contributed by atoms with E-state index in [2.05, 4.69) is 102 Å². The molecule has 2 atom stereocenters. The van der Waals surface area contributed by atoms with Crippen LogP contribution in [0.15, 0.2) is 130 Å². The van der Waals surface area contributed by atoms with E-state index in [-0.39, 0.29) is 56.3 Å². The molecule has 6 nitrogen and oxygen atoms in total. The second kappa shape index (κ2) is 21.9. The number of methoxy groups -OCH3 is 2. The predicted molar refractivity (Wildman–Crippen MR) is 229 cm³/mol. The van der Waals surface area contributed by atoms with Crippen molar-refractivity contribution in [3.8, 4) is 0 Å². The zero-order valence-corrected chi connectivity index (χ0v) is 36.0. The fraction of sp³-hybridized carbons (Fsp3) is 0.435. The SMILES string of the molecule is COC(=O)CSC1CC(C)(C)C(C=CC(C)=CC=CC(C)=CC=CC=C(C)C=CC=C(C)C=CC2=C(C)C(=O)C(SCC(=O)OC)CC2(C)C)=C(C)C1=O. The summed E-state index contributed by atoms with van der Waals surface area (Å²) in [5.74, 6) is -0.0847. The molecule has 0 bridgehead atoms. The highest BCUT2D eigenvalue weighted by Gasteiger charge is 2.39. The van der Waals surface area contributed by atoms with Gasteiger partial charge in [0.2, 0.25) is 0 Å². The van der Waals surface area contributed by atoms with Gasteiger partial charge in [0.25, 0.3) is 0 Å². The number of allylic oxidation sites excluding steroid dienone is 22. The Labute approximate surface area is 333 Å². The Morgan fingerprint density at radius 2 is 0.907 bits per heavy atom. The third-order valence-electron chi connectivity index (χ3n) is 9.53. The summed E-state index contributed by atoms with van der Waals surface area (Å²) in [7, 11) is 2.73. The molecule has 0 aromatic heterocycles. The third kappa shape index (κ3) is 14.7. The van der Waals surface area contributed by atoms with Crippen molar-refractivity contribution in [2.75, 3.05) is 25.7 Å². The van der Waals surface area contributed by atoms with Gasteiger partial charge in [0.1, 0.15) is 0 Å². The van der Waals surface area contributed by atoms with Crippen LogP contribution in [0.1, 0.15) is 82.1 Å². The van der Waals surface area contributed by atoms with E-state index in [1.54, 1.807) is 0 Å². The first-order chi connectivity index (χ1) is 25.3. The molecule has 2 aliphatic carbocycles. The second-order valence-corrected chi connectivity index (χ2v) is 17.5. The van der Waals surface area contributed by atoms with Crippen molar-refractivity contribution in [3.63, 3.8) is 0 Å². The average molecular weight is 773 g/mol. The summed E-state index contributed by atoms with van der Waals surface area (Å²) in [4.78, 5) is 49.3. The van der Waals surface area contributed by atoms with Crippen molar-refractivity contribution in [2.24, 2.45) is 10.8 Å². The summed E-state index contributed by atoms with van der Waals surface area (Å²) in [6.45, 7) is 20.6. The molecule has 0 heterocycles. The highest BCUT2D eigenvalue weighted by atomic mass is 32.2. The fourth-order valence-electron chi connectivity index (χ4n) is 6.29. The van der Waals surface area contributed by atoms with Crippen LogP contribution in [0.5, 0.6) is 0 Å². The van der Waals surface area contributed by atoms with E-state index in [1.807, 2.05) is 52.0 Å². The number of rotatable bonds is 16. The molecule has 0 spiro atoms. The molecular formula is C46H60O6S2. The molecule has 0 aliphatic heterocycles. The zero-order chi connectivity index (χ0) is 40.6. The molecule has 0 saturated heterocycles. The van der Waals surface area contributed by atoms with Gasteiger partial charge in [-0.25, -0.2) is 0 Å². The van der Waals surface area contributed by atoms with Crippen molar-refractivity contribution < 1.29 is 28.7 Å². The van der Waals surface area contributed by atoms with E-state index >= 15 is 0 Å². The van der Waals surface area contributed by atoms with Gasteiger partial charge in [-0.1, -0.05) is 135 Å². The summed E-state index contributed by atoms with van der Waals surface area (Å²) in [5, 5.41) is -0.481. The molecule has 0 fully saturated rings. The maximum atomic E-state index is 13.0. The van der Waals surface area contributed by atoms with Crippen LogP contribution in [-0.4, -0.2) is 59.7 Å². The highest BCUT2D eigenvalue weighted by Crippen LogP contribution is 2.44. The summed E-state index contributed by atoms with van der Waals surface area (Å²) < 4.78 is 9.48. The van der Waals surface area contributed by atoms with E-state index < -0.39 is 0 Å². The van der Waals surface area contributed by atoms with E-state index in [1.165, 1.54) is 37.7 Å². The molecule has 292 valence electrons. The topological polar surface area (TPSA) is 86.7 Å². The molecule has 54 heavy (non-hydrogen) atoms. The van der Waals surface area contributed by atoms with E-state index in [9.17, 15) is 19.2 Å². The van der Waals surface area contributed by atoms with Gasteiger partial charge in [-0.15, -0.1) is 23.5 Å². The van der Waals surface area contributed by atoms with Crippen LogP contribution in [-0.2, 0) is 28.7 Å². The lowest BCUT2D eigenvalue weighted by Gasteiger charge is -2.36. The van der Waals surface area contributed by atoms with Crippen LogP contribution in [0.2, 0.25) is 0 Å². The summed E-state index contributed by atoms with van der Waals surface area (Å²) in [6, 6.07) is 0. The van der Waals surface area contributed by atoms with Crippen molar-refractivity contribution >= 4 is 47.0 Å². The molecule has 0 radical (unpaired) electrons. The molecule has 0 aromatic rings. The van der Waals surface area contributed by atoms with E-state index in [4.69, 9.17) is 9.47 Å². The first-order valence-corrected chi connectivity index (χ1v) is 20.4. The summed E-state index contributed by atoms with van der Waals surface area (Å²) >= 11 is 2.73. The smallest absolute Gasteiger partial charge is 0.315 e. The lowest BCUT2D eigenvalue weighted by molar-refractivity contribution is -0.138. The number of esters is 2. The van der Waals surface area contributed by atoms with Gasteiger partial charge < -0.3 is 9.47 Å². The lowest BCUT2D eigenvalue weighted by Crippen LogP contribution is -2.34. The van der Waals surface area contributed by atoms with Crippen LogP contribution in [0.3, 0.4) is 0 Å². The zero-order valence-electron chi connectivity index (χ0n) is 34.3. The van der Waals surface area contributed by atoms with Crippen LogP contribution < -0.4 is 0 Å². The van der Waals surface area contributed by atoms with Gasteiger partial charge in [0.15, 0.2) is 11.6 Å².